The van der Waals surface area contributed by atoms with Gasteiger partial charge in [-0.1, -0.05) is 30.3 Å². The molecular weight excluding hydrogens is 490 g/mol. The highest BCUT2D eigenvalue weighted by atomic mass is 19.1. The van der Waals surface area contributed by atoms with E-state index >= 15 is 0 Å². The van der Waals surface area contributed by atoms with Crippen LogP contribution in [0.3, 0.4) is 0 Å². The van der Waals surface area contributed by atoms with Crippen molar-refractivity contribution in [1.82, 2.24) is 14.8 Å². The molecule has 1 aliphatic heterocycles. The first-order chi connectivity index (χ1) is 18.3. The number of aliphatic hydroxyl groups is 1. The Bertz CT molecular complexity index is 1320. The van der Waals surface area contributed by atoms with Crippen LogP contribution in [0.4, 0.5) is 14.6 Å². The fraction of sp³-hybridized carbons (Fsp3) is 0.286. The monoisotopic (exact) mass is 520 g/mol. The van der Waals surface area contributed by atoms with Crippen LogP contribution < -0.4 is 4.90 Å². The summed E-state index contributed by atoms with van der Waals surface area (Å²) in [6.07, 6.45) is 1.52. The zero-order valence-electron chi connectivity index (χ0n) is 21.1. The Labute approximate surface area is 220 Å². The number of nitrogens with zero attached hydrogens (tertiary/aromatic N) is 4. The van der Waals surface area contributed by atoms with Gasteiger partial charge in [-0.3, -0.25) is 10.2 Å². The van der Waals surface area contributed by atoms with E-state index in [9.17, 15) is 13.6 Å². The third-order valence-corrected chi connectivity index (χ3v) is 6.59. The van der Waals surface area contributed by atoms with Crippen molar-refractivity contribution in [2.45, 2.75) is 6.42 Å². The van der Waals surface area contributed by atoms with Crippen LogP contribution >= 0.6 is 0 Å². The van der Waals surface area contributed by atoms with E-state index in [4.69, 9.17) is 15.9 Å². The number of rotatable bonds is 8. The summed E-state index contributed by atoms with van der Waals surface area (Å²) in [5.41, 5.74) is 1.95. The molecule has 10 heteroatoms. The quantitative estimate of drug-likeness (QED) is 0.312. The number of pyridine rings is 1. The molecule has 1 aromatic heterocycles. The number of piperazine rings is 1. The van der Waals surface area contributed by atoms with Crippen LogP contribution in [0.1, 0.15) is 27.0 Å². The molecule has 2 heterocycles. The average molecular weight is 521 g/mol. The molecule has 3 aromatic rings. The number of nitrogens with one attached hydrogen (secondary N) is 2. The second-order valence-electron chi connectivity index (χ2n) is 9.11. The molecule has 1 fully saturated rings. The van der Waals surface area contributed by atoms with Gasteiger partial charge in [0.2, 0.25) is 0 Å². The summed E-state index contributed by atoms with van der Waals surface area (Å²) >= 11 is 0. The van der Waals surface area contributed by atoms with Crippen molar-refractivity contribution in [3.8, 4) is 0 Å². The minimum Gasteiger partial charge on any atom is -0.395 e. The lowest BCUT2D eigenvalue weighted by Crippen LogP contribution is -2.49. The molecule has 198 valence electrons. The first-order valence-corrected chi connectivity index (χ1v) is 12.3. The maximum Gasteiger partial charge on any atom is 0.255 e. The molecule has 8 nitrogen and oxygen atoms in total. The van der Waals surface area contributed by atoms with Gasteiger partial charge in [0, 0.05) is 75.3 Å². The summed E-state index contributed by atoms with van der Waals surface area (Å²) < 4.78 is 27.4. The minimum absolute atomic E-state index is 0.00978. The molecule has 0 unspecified atom stereocenters. The topological polar surface area (TPSA) is 108 Å². The maximum absolute atomic E-state index is 14.2. The van der Waals surface area contributed by atoms with Gasteiger partial charge in [-0.15, -0.1) is 0 Å². The normalized spacial score (nSPS) is 13.4. The zero-order valence-corrected chi connectivity index (χ0v) is 21.1. The van der Waals surface area contributed by atoms with Crippen molar-refractivity contribution in [1.29, 1.82) is 10.8 Å². The summed E-state index contributed by atoms with van der Waals surface area (Å²) in [5, 5.41) is 26.4. The molecule has 1 saturated heterocycles. The Morgan fingerprint density at radius 1 is 1.03 bits per heavy atom. The molecule has 0 radical (unpaired) electrons. The Morgan fingerprint density at radius 3 is 2.37 bits per heavy atom. The lowest BCUT2D eigenvalue weighted by Gasteiger charge is -2.37. The Balaban J connectivity index is 1.40. The summed E-state index contributed by atoms with van der Waals surface area (Å²) in [7, 11) is 1.63. The van der Waals surface area contributed by atoms with E-state index in [-0.39, 0.29) is 42.6 Å². The van der Waals surface area contributed by atoms with E-state index in [2.05, 4.69) is 9.88 Å². The second-order valence-corrected chi connectivity index (χ2v) is 9.11. The van der Waals surface area contributed by atoms with Crippen molar-refractivity contribution in [3.63, 3.8) is 0 Å². The van der Waals surface area contributed by atoms with Gasteiger partial charge in [-0.25, -0.2) is 13.8 Å². The number of aliphatic hydroxyl groups excluding tert-OH is 1. The predicted octanol–water partition coefficient (Wildman–Crippen LogP) is 3.18. The number of carbonyl (C=O) groups excluding carboxylic acids is 1. The number of halogens is 2. The van der Waals surface area contributed by atoms with Crippen molar-refractivity contribution >= 4 is 23.3 Å². The molecule has 4 rings (SSSR count). The lowest BCUT2D eigenvalue weighted by molar-refractivity contribution is 0.0766. The van der Waals surface area contributed by atoms with E-state index in [1.54, 1.807) is 43.4 Å². The Hall–Kier alpha value is -4.18. The van der Waals surface area contributed by atoms with E-state index in [1.165, 1.54) is 23.2 Å². The largest absolute Gasteiger partial charge is 0.395 e. The van der Waals surface area contributed by atoms with Gasteiger partial charge in [0.1, 0.15) is 23.3 Å². The fourth-order valence-electron chi connectivity index (χ4n) is 4.40. The number of amides is 1. The van der Waals surface area contributed by atoms with Gasteiger partial charge in [0.25, 0.3) is 5.91 Å². The van der Waals surface area contributed by atoms with Gasteiger partial charge in [0.15, 0.2) is 0 Å². The zero-order chi connectivity index (χ0) is 27.2. The fourth-order valence-corrected chi connectivity index (χ4v) is 4.40. The molecule has 0 bridgehead atoms. The van der Waals surface area contributed by atoms with Crippen molar-refractivity contribution in [2.75, 3.05) is 51.3 Å². The van der Waals surface area contributed by atoms with Crippen molar-refractivity contribution in [2.24, 2.45) is 0 Å². The summed E-state index contributed by atoms with van der Waals surface area (Å²) in [4.78, 5) is 22.3. The first kappa shape index (κ1) is 26.9. The molecular formula is C28H30F2N6O2. The highest BCUT2D eigenvalue weighted by molar-refractivity contribution is 6.10. The third-order valence-electron chi connectivity index (χ3n) is 6.59. The molecule has 0 spiro atoms. The summed E-state index contributed by atoms with van der Waals surface area (Å²) in [6.45, 7) is 2.51. The van der Waals surface area contributed by atoms with Gasteiger partial charge < -0.3 is 25.2 Å². The molecule has 2 aromatic carbocycles. The summed E-state index contributed by atoms with van der Waals surface area (Å²) in [5.74, 6) is -0.541. The molecule has 1 aliphatic rings. The number of likely N-dealkylation sites (N-methyl/N-ethyl adjacent to an activating group) is 1. The highest BCUT2D eigenvalue weighted by Gasteiger charge is 2.23. The van der Waals surface area contributed by atoms with E-state index < -0.39 is 11.6 Å². The molecule has 38 heavy (non-hydrogen) atoms. The van der Waals surface area contributed by atoms with Crippen LogP contribution in [0, 0.1) is 22.5 Å². The number of hydrogen-bond donors (Lipinski definition) is 3. The molecule has 3 N–H and O–H groups in total. The van der Waals surface area contributed by atoms with Gasteiger partial charge >= 0.3 is 0 Å². The number of anilines is 1. The molecule has 0 aliphatic carbocycles. The van der Waals surface area contributed by atoms with Crippen LogP contribution in [0.15, 0.2) is 60.8 Å². The number of amidine groups is 1. The first-order valence-electron chi connectivity index (χ1n) is 12.3. The van der Waals surface area contributed by atoms with Crippen LogP contribution in [0.5, 0.6) is 0 Å². The van der Waals surface area contributed by atoms with E-state index in [1.807, 2.05) is 4.90 Å². The predicted molar refractivity (Wildman–Crippen MR) is 142 cm³/mol. The maximum atomic E-state index is 14.2. The number of hydrogen-bond acceptors (Lipinski definition) is 6. The van der Waals surface area contributed by atoms with Crippen LogP contribution in [-0.2, 0) is 6.42 Å². The lowest BCUT2D eigenvalue weighted by atomic mass is 9.96. The number of benzene rings is 2. The molecule has 1 amide bonds. The van der Waals surface area contributed by atoms with Crippen LogP contribution in [-0.4, -0.2) is 83.7 Å². The second kappa shape index (κ2) is 11.9. The Morgan fingerprint density at radius 2 is 1.74 bits per heavy atom. The Kier molecular flexibility index (Phi) is 8.42. The minimum atomic E-state index is -0.693. The SMILES string of the molecule is CN(CCO)C(=O)c1ccc(N2CCN(C(=N)c3ccccc3C(=N)Cc3ccc(F)cc3F)CC2)nc1. The van der Waals surface area contributed by atoms with E-state index in [0.29, 0.717) is 42.9 Å². The number of aromatic nitrogens is 1. The van der Waals surface area contributed by atoms with Gasteiger partial charge in [-0.05, 0) is 23.8 Å². The van der Waals surface area contributed by atoms with Crippen LogP contribution in [0.25, 0.3) is 0 Å². The van der Waals surface area contributed by atoms with Crippen LogP contribution in [0.2, 0.25) is 0 Å². The van der Waals surface area contributed by atoms with Crippen molar-refractivity contribution < 1.29 is 18.7 Å². The van der Waals surface area contributed by atoms with E-state index in [0.717, 1.165) is 11.9 Å². The highest BCUT2D eigenvalue weighted by Crippen LogP contribution is 2.20. The smallest absolute Gasteiger partial charge is 0.255 e. The molecule has 0 atom stereocenters. The molecule has 0 saturated carbocycles. The van der Waals surface area contributed by atoms with Crippen molar-refractivity contribution in [3.05, 3.63) is 94.7 Å². The standard InChI is InChI=1S/C28H30F2N6O2/c1-34(14-15-37)28(38)20-7-9-26(33-18-20)35-10-12-36(13-11-35)27(32)23-5-3-2-4-22(23)25(31)16-19-6-8-21(29)17-24(19)30/h2-9,17-18,31-32,37H,10-16H2,1H3. The summed E-state index contributed by atoms with van der Waals surface area (Å²) in [6, 6.07) is 14.0. The third kappa shape index (κ3) is 6.03. The van der Waals surface area contributed by atoms with Gasteiger partial charge in [0.05, 0.1) is 12.2 Å². The average Bonchev–Trinajstić information content (AvgIpc) is 2.94. The number of carbonyl (C=O) groups is 1. The van der Waals surface area contributed by atoms with Gasteiger partial charge in [-0.2, -0.15) is 0 Å².